The lowest BCUT2D eigenvalue weighted by Gasteiger charge is -2.10. The molecule has 2 aromatic heterocycles. The molecule has 0 bridgehead atoms. The Labute approximate surface area is 197 Å². The fourth-order valence-corrected chi connectivity index (χ4v) is 3.87. The summed E-state index contributed by atoms with van der Waals surface area (Å²) >= 11 is 0. The Morgan fingerprint density at radius 2 is 1.59 bits per heavy atom. The molecule has 0 saturated heterocycles. The second-order valence-corrected chi connectivity index (χ2v) is 7.92. The molecule has 6 nitrogen and oxygen atoms in total. The zero-order valence-electron chi connectivity index (χ0n) is 18.8. The SMILES string of the molecule is COc1cccc(-c2cc(C(=O)NCCc3ccccc3)n3nc(-c4ccccc4)cc3n2)c1. The molecule has 3 aromatic carbocycles. The standard InChI is InChI=1S/C28H24N4O2/c1-34-23-14-8-13-22(17-23)24-18-26(28(33)29-16-15-20-9-4-2-5-10-20)32-27(30-24)19-25(31-32)21-11-6-3-7-12-21/h2-14,17-19H,15-16H2,1H3,(H,29,33). The number of fused-ring (bicyclic) bond motifs is 1. The van der Waals surface area contributed by atoms with E-state index in [0.29, 0.717) is 23.6 Å². The molecule has 0 aliphatic rings. The maximum atomic E-state index is 13.3. The first-order chi connectivity index (χ1) is 16.7. The molecule has 1 amide bonds. The van der Waals surface area contributed by atoms with Crippen molar-refractivity contribution >= 4 is 11.6 Å². The van der Waals surface area contributed by atoms with Crippen molar-refractivity contribution in [2.75, 3.05) is 13.7 Å². The van der Waals surface area contributed by atoms with Crippen molar-refractivity contribution in [1.29, 1.82) is 0 Å². The maximum Gasteiger partial charge on any atom is 0.270 e. The van der Waals surface area contributed by atoms with Crippen molar-refractivity contribution in [2.45, 2.75) is 6.42 Å². The van der Waals surface area contributed by atoms with Crippen molar-refractivity contribution in [2.24, 2.45) is 0 Å². The van der Waals surface area contributed by atoms with Gasteiger partial charge in [0.15, 0.2) is 5.65 Å². The minimum atomic E-state index is -0.199. The maximum absolute atomic E-state index is 13.3. The molecule has 0 radical (unpaired) electrons. The van der Waals surface area contributed by atoms with E-state index in [2.05, 4.69) is 17.4 Å². The molecule has 1 N–H and O–H groups in total. The fraction of sp³-hybridized carbons (Fsp3) is 0.107. The summed E-state index contributed by atoms with van der Waals surface area (Å²) in [6, 6.07) is 31.3. The lowest BCUT2D eigenvalue weighted by atomic mass is 10.1. The van der Waals surface area contributed by atoms with Gasteiger partial charge in [-0.15, -0.1) is 0 Å². The van der Waals surface area contributed by atoms with E-state index in [9.17, 15) is 4.79 Å². The number of hydrogen-bond acceptors (Lipinski definition) is 4. The van der Waals surface area contributed by atoms with Crippen LogP contribution < -0.4 is 10.1 Å². The number of ether oxygens (including phenoxy) is 1. The number of amides is 1. The molecule has 0 atom stereocenters. The monoisotopic (exact) mass is 448 g/mol. The van der Waals surface area contributed by atoms with Gasteiger partial charge in [-0.05, 0) is 30.2 Å². The minimum absolute atomic E-state index is 0.199. The van der Waals surface area contributed by atoms with Crippen molar-refractivity contribution in [3.63, 3.8) is 0 Å². The number of aromatic nitrogens is 3. The molecule has 5 aromatic rings. The number of carbonyl (C=O) groups excluding carboxylic acids is 1. The Morgan fingerprint density at radius 1 is 0.853 bits per heavy atom. The second kappa shape index (κ2) is 9.58. The molecule has 0 aliphatic heterocycles. The van der Waals surface area contributed by atoms with Gasteiger partial charge >= 0.3 is 0 Å². The Morgan fingerprint density at radius 3 is 2.35 bits per heavy atom. The zero-order valence-corrected chi connectivity index (χ0v) is 18.8. The van der Waals surface area contributed by atoms with Gasteiger partial charge in [-0.3, -0.25) is 4.79 Å². The third-order valence-electron chi connectivity index (χ3n) is 5.64. The first-order valence-corrected chi connectivity index (χ1v) is 11.1. The van der Waals surface area contributed by atoms with Crippen LogP contribution in [0.5, 0.6) is 5.75 Å². The highest BCUT2D eigenvalue weighted by Gasteiger charge is 2.17. The Kier molecular flexibility index (Phi) is 6.03. The van der Waals surface area contributed by atoms with Crippen LogP contribution in [0.2, 0.25) is 0 Å². The predicted octanol–water partition coefficient (Wildman–Crippen LogP) is 5.04. The number of hydrogen-bond donors (Lipinski definition) is 1. The van der Waals surface area contributed by atoms with Crippen molar-refractivity contribution < 1.29 is 9.53 Å². The van der Waals surface area contributed by atoms with Crippen molar-refractivity contribution in [3.8, 4) is 28.3 Å². The molecule has 0 fully saturated rings. The fourth-order valence-electron chi connectivity index (χ4n) is 3.87. The van der Waals surface area contributed by atoms with Crippen LogP contribution >= 0.6 is 0 Å². The summed E-state index contributed by atoms with van der Waals surface area (Å²) in [5.74, 6) is 0.529. The Bertz CT molecular complexity index is 1430. The quantitative estimate of drug-likeness (QED) is 0.379. The summed E-state index contributed by atoms with van der Waals surface area (Å²) in [5, 5.41) is 7.74. The molecular formula is C28H24N4O2. The van der Waals surface area contributed by atoms with Crippen LogP contribution in [-0.4, -0.2) is 34.2 Å². The van der Waals surface area contributed by atoms with E-state index in [0.717, 1.165) is 29.0 Å². The number of nitrogens with zero attached hydrogens (tertiary/aromatic N) is 3. The number of methoxy groups -OCH3 is 1. The van der Waals surface area contributed by atoms with E-state index in [4.69, 9.17) is 14.8 Å². The smallest absolute Gasteiger partial charge is 0.270 e. The van der Waals surface area contributed by atoms with E-state index in [1.165, 1.54) is 5.56 Å². The number of nitrogens with one attached hydrogen (secondary N) is 1. The van der Waals surface area contributed by atoms with E-state index >= 15 is 0 Å². The van der Waals surface area contributed by atoms with Crippen LogP contribution in [0.25, 0.3) is 28.2 Å². The Hall–Kier alpha value is -4.45. The minimum Gasteiger partial charge on any atom is -0.497 e. The number of carbonyl (C=O) groups is 1. The Balaban J connectivity index is 1.53. The highest BCUT2D eigenvalue weighted by Crippen LogP contribution is 2.26. The third kappa shape index (κ3) is 4.52. The van der Waals surface area contributed by atoms with Gasteiger partial charge < -0.3 is 10.1 Å². The van der Waals surface area contributed by atoms with Crippen molar-refractivity contribution in [1.82, 2.24) is 19.9 Å². The topological polar surface area (TPSA) is 68.5 Å². The third-order valence-corrected chi connectivity index (χ3v) is 5.64. The normalized spacial score (nSPS) is 10.9. The van der Waals surface area contributed by atoms with Gasteiger partial charge in [0.25, 0.3) is 5.91 Å². The lowest BCUT2D eigenvalue weighted by molar-refractivity contribution is 0.0946. The van der Waals surface area contributed by atoms with Crippen LogP contribution in [0.3, 0.4) is 0 Å². The van der Waals surface area contributed by atoms with Crippen LogP contribution in [-0.2, 0) is 6.42 Å². The summed E-state index contributed by atoms with van der Waals surface area (Å²) < 4.78 is 6.99. The van der Waals surface area contributed by atoms with Crippen molar-refractivity contribution in [3.05, 3.63) is 108 Å². The predicted molar refractivity (Wildman–Crippen MR) is 133 cm³/mol. The van der Waals surface area contributed by atoms with Gasteiger partial charge in [-0.2, -0.15) is 5.10 Å². The molecule has 5 rings (SSSR count). The molecule has 6 heteroatoms. The highest BCUT2D eigenvalue weighted by molar-refractivity contribution is 5.94. The van der Waals surface area contributed by atoms with E-state index in [-0.39, 0.29) is 5.91 Å². The largest absolute Gasteiger partial charge is 0.497 e. The average molecular weight is 449 g/mol. The lowest BCUT2D eigenvalue weighted by Crippen LogP contribution is -2.28. The van der Waals surface area contributed by atoms with E-state index < -0.39 is 0 Å². The molecule has 2 heterocycles. The molecule has 0 unspecified atom stereocenters. The summed E-state index contributed by atoms with van der Waals surface area (Å²) in [5.41, 5.74) is 5.47. The molecule has 168 valence electrons. The first kappa shape index (κ1) is 21.4. The zero-order chi connectivity index (χ0) is 23.3. The van der Waals surface area contributed by atoms with Gasteiger partial charge in [-0.1, -0.05) is 72.8 Å². The molecule has 0 aliphatic carbocycles. The van der Waals surface area contributed by atoms with E-state index in [1.807, 2.05) is 78.9 Å². The summed E-state index contributed by atoms with van der Waals surface area (Å²) in [4.78, 5) is 18.1. The van der Waals surface area contributed by atoms with Crippen LogP contribution in [0.1, 0.15) is 16.1 Å². The summed E-state index contributed by atoms with van der Waals surface area (Å²) in [6.45, 7) is 0.522. The van der Waals surface area contributed by atoms with Gasteiger partial charge in [0, 0.05) is 23.7 Å². The van der Waals surface area contributed by atoms with Gasteiger partial charge in [-0.25, -0.2) is 9.50 Å². The number of benzene rings is 3. The van der Waals surface area contributed by atoms with Crippen LogP contribution in [0.4, 0.5) is 0 Å². The van der Waals surface area contributed by atoms with Crippen LogP contribution in [0.15, 0.2) is 97.1 Å². The first-order valence-electron chi connectivity index (χ1n) is 11.1. The summed E-state index contributed by atoms with van der Waals surface area (Å²) in [7, 11) is 1.63. The highest BCUT2D eigenvalue weighted by atomic mass is 16.5. The van der Waals surface area contributed by atoms with E-state index in [1.54, 1.807) is 17.7 Å². The molecular weight excluding hydrogens is 424 g/mol. The molecule has 0 spiro atoms. The summed E-state index contributed by atoms with van der Waals surface area (Å²) in [6.07, 6.45) is 0.748. The van der Waals surface area contributed by atoms with Gasteiger partial charge in [0.2, 0.25) is 0 Å². The number of rotatable bonds is 7. The molecule has 0 saturated carbocycles. The van der Waals surface area contributed by atoms with Gasteiger partial charge in [0.1, 0.15) is 11.4 Å². The second-order valence-electron chi connectivity index (χ2n) is 7.92. The van der Waals surface area contributed by atoms with Gasteiger partial charge in [0.05, 0.1) is 18.5 Å². The molecule has 34 heavy (non-hydrogen) atoms. The van der Waals surface area contributed by atoms with Crippen LogP contribution in [0, 0.1) is 0 Å². The average Bonchev–Trinajstić information content (AvgIpc) is 3.33.